The number of rotatable bonds is 6. The molecule has 3 N–H and O–H groups in total. The van der Waals surface area contributed by atoms with Gasteiger partial charge >= 0.3 is 0 Å². The molecule has 7 heteroatoms. The minimum atomic E-state index is 0.557. The number of aromatic nitrogens is 4. The summed E-state index contributed by atoms with van der Waals surface area (Å²) in [5.41, 5.74) is 4.08. The fourth-order valence-electron chi connectivity index (χ4n) is 2.80. The van der Waals surface area contributed by atoms with Crippen LogP contribution in [-0.4, -0.2) is 34.0 Å². The summed E-state index contributed by atoms with van der Waals surface area (Å²) in [6, 6.07) is 18.0. The highest BCUT2D eigenvalue weighted by atomic mass is 15.1. The van der Waals surface area contributed by atoms with Gasteiger partial charge < -0.3 is 20.5 Å². The lowest BCUT2D eigenvalue weighted by molar-refractivity contribution is 0.992. The molecule has 4 rings (SSSR count). The first-order chi connectivity index (χ1) is 13.2. The predicted molar refractivity (Wildman–Crippen MR) is 110 cm³/mol. The Morgan fingerprint density at radius 3 is 2.67 bits per heavy atom. The van der Waals surface area contributed by atoms with Gasteiger partial charge in [0.2, 0.25) is 0 Å². The minimum absolute atomic E-state index is 0.557. The number of fused-ring (bicyclic) bond motifs is 1. The van der Waals surface area contributed by atoms with Crippen molar-refractivity contribution in [2.45, 2.75) is 6.54 Å². The molecule has 0 aliphatic rings. The van der Waals surface area contributed by atoms with Crippen molar-refractivity contribution in [2.24, 2.45) is 0 Å². The normalized spacial score (nSPS) is 10.7. The number of hydrogen-bond acceptors (Lipinski definition) is 6. The molecule has 0 spiro atoms. The lowest BCUT2D eigenvalue weighted by atomic mass is 10.2. The summed E-state index contributed by atoms with van der Waals surface area (Å²) >= 11 is 0. The van der Waals surface area contributed by atoms with Gasteiger partial charge in [-0.15, -0.1) is 0 Å². The van der Waals surface area contributed by atoms with Crippen LogP contribution in [0.1, 0.15) is 5.82 Å². The second-order valence-electron chi connectivity index (χ2n) is 6.41. The summed E-state index contributed by atoms with van der Waals surface area (Å²) in [5, 5.41) is 6.60. The van der Waals surface area contributed by atoms with Crippen LogP contribution < -0.4 is 15.5 Å². The molecule has 4 aromatic rings. The standard InChI is InChI=1S/C20H21N7/c1-27(2)15-7-5-6-14(10-15)24-19-11-18(22-13-23-19)21-12-20-25-16-8-3-4-9-17(16)26-20/h3-11,13H,12H2,1-2H3,(H,25,26)(H2,21,22,23,24). The van der Waals surface area contributed by atoms with E-state index in [2.05, 4.69) is 47.6 Å². The highest BCUT2D eigenvalue weighted by Gasteiger charge is 2.04. The molecule has 7 nitrogen and oxygen atoms in total. The summed E-state index contributed by atoms with van der Waals surface area (Å²) in [6.45, 7) is 0.557. The van der Waals surface area contributed by atoms with Crippen molar-refractivity contribution >= 4 is 34.0 Å². The Labute approximate surface area is 157 Å². The van der Waals surface area contributed by atoms with Crippen molar-refractivity contribution in [3.8, 4) is 0 Å². The number of anilines is 4. The molecule has 0 saturated carbocycles. The van der Waals surface area contributed by atoms with Gasteiger partial charge in [0.05, 0.1) is 17.6 Å². The van der Waals surface area contributed by atoms with E-state index >= 15 is 0 Å². The summed E-state index contributed by atoms with van der Waals surface area (Å²) in [5.74, 6) is 2.33. The van der Waals surface area contributed by atoms with E-state index in [0.717, 1.165) is 39.9 Å². The Bertz CT molecular complexity index is 1020. The SMILES string of the molecule is CN(C)c1cccc(Nc2cc(NCc3nc4ccccc4[nH]3)ncn2)c1. The number of benzene rings is 2. The highest BCUT2D eigenvalue weighted by Crippen LogP contribution is 2.21. The van der Waals surface area contributed by atoms with Crippen molar-refractivity contribution in [1.29, 1.82) is 0 Å². The number of nitrogens with one attached hydrogen (secondary N) is 3. The first-order valence-electron chi connectivity index (χ1n) is 8.71. The van der Waals surface area contributed by atoms with E-state index in [1.807, 2.05) is 56.6 Å². The van der Waals surface area contributed by atoms with Crippen LogP contribution in [0.15, 0.2) is 60.9 Å². The second-order valence-corrected chi connectivity index (χ2v) is 6.41. The zero-order chi connectivity index (χ0) is 18.6. The Kier molecular flexibility index (Phi) is 4.57. The van der Waals surface area contributed by atoms with Gasteiger partial charge in [0, 0.05) is 31.5 Å². The van der Waals surface area contributed by atoms with Gasteiger partial charge in [0.1, 0.15) is 23.8 Å². The third-order valence-electron chi connectivity index (χ3n) is 4.18. The lowest BCUT2D eigenvalue weighted by Crippen LogP contribution is -2.08. The summed E-state index contributed by atoms with van der Waals surface area (Å²) in [4.78, 5) is 18.5. The minimum Gasteiger partial charge on any atom is -0.378 e. The summed E-state index contributed by atoms with van der Waals surface area (Å²) in [7, 11) is 4.04. The summed E-state index contributed by atoms with van der Waals surface area (Å²) in [6.07, 6.45) is 1.54. The highest BCUT2D eigenvalue weighted by molar-refractivity contribution is 5.74. The van der Waals surface area contributed by atoms with Gasteiger partial charge in [-0.25, -0.2) is 15.0 Å². The topological polar surface area (TPSA) is 81.8 Å². The van der Waals surface area contributed by atoms with Crippen LogP contribution in [-0.2, 0) is 6.54 Å². The Hall–Kier alpha value is -3.61. The van der Waals surface area contributed by atoms with Crippen LogP contribution in [0, 0.1) is 0 Å². The number of aromatic amines is 1. The fourth-order valence-corrected chi connectivity index (χ4v) is 2.80. The zero-order valence-electron chi connectivity index (χ0n) is 15.3. The number of nitrogens with zero attached hydrogens (tertiary/aromatic N) is 4. The van der Waals surface area contributed by atoms with E-state index in [4.69, 9.17) is 0 Å². The van der Waals surface area contributed by atoms with Gasteiger partial charge in [0.15, 0.2) is 0 Å². The molecule has 2 aromatic carbocycles. The molecule has 0 saturated heterocycles. The molecular weight excluding hydrogens is 338 g/mol. The summed E-state index contributed by atoms with van der Waals surface area (Å²) < 4.78 is 0. The molecule has 0 bridgehead atoms. The van der Waals surface area contributed by atoms with Crippen molar-refractivity contribution in [3.05, 3.63) is 66.7 Å². The molecule has 0 amide bonds. The van der Waals surface area contributed by atoms with Crippen LogP contribution in [0.25, 0.3) is 11.0 Å². The maximum atomic E-state index is 4.56. The predicted octanol–water partition coefficient (Wildman–Crippen LogP) is 3.77. The van der Waals surface area contributed by atoms with E-state index in [0.29, 0.717) is 6.54 Å². The molecule has 2 aromatic heterocycles. The fraction of sp³-hybridized carbons (Fsp3) is 0.150. The molecule has 0 unspecified atom stereocenters. The number of H-pyrrole nitrogens is 1. The second kappa shape index (κ2) is 7.33. The van der Waals surface area contributed by atoms with E-state index in [9.17, 15) is 0 Å². The average Bonchev–Trinajstić information content (AvgIpc) is 3.10. The van der Waals surface area contributed by atoms with E-state index in [-0.39, 0.29) is 0 Å². The molecule has 0 aliphatic heterocycles. The van der Waals surface area contributed by atoms with Crippen LogP contribution in [0.4, 0.5) is 23.0 Å². The van der Waals surface area contributed by atoms with Crippen LogP contribution in [0.5, 0.6) is 0 Å². The van der Waals surface area contributed by atoms with Crippen LogP contribution >= 0.6 is 0 Å². The molecule has 0 aliphatic carbocycles. The third kappa shape index (κ3) is 3.98. The largest absolute Gasteiger partial charge is 0.378 e. The van der Waals surface area contributed by atoms with Gasteiger partial charge in [-0.05, 0) is 30.3 Å². The van der Waals surface area contributed by atoms with Crippen LogP contribution in [0.2, 0.25) is 0 Å². The number of para-hydroxylation sites is 2. The average molecular weight is 359 g/mol. The molecule has 0 fully saturated rings. The molecule has 27 heavy (non-hydrogen) atoms. The number of hydrogen-bond donors (Lipinski definition) is 3. The van der Waals surface area contributed by atoms with Crippen molar-refractivity contribution in [2.75, 3.05) is 29.6 Å². The Morgan fingerprint density at radius 1 is 0.963 bits per heavy atom. The smallest absolute Gasteiger partial charge is 0.135 e. The first-order valence-corrected chi connectivity index (χ1v) is 8.71. The Morgan fingerprint density at radius 2 is 1.81 bits per heavy atom. The van der Waals surface area contributed by atoms with E-state index in [1.54, 1.807) is 6.33 Å². The maximum Gasteiger partial charge on any atom is 0.135 e. The zero-order valence-corrected chi connectivity index (χ0v) is 15.3. The third-order valence-corrected chi connectivity index (χ3v) is 4.18. The van der Waals surface area contributed by atoms with Gasteiger partial charge in [0.25, 0.3) is 0 Å². The van der Waals surface area contributed by atoms with E-state index in [1.165, 1.54) is 0 Å². The quantitative estimate of drug-likeness (QED) is 0.486. The molecule has 0 atom stereocenters. The first kappa shape index (κ1) is 16.8. The monoisotopic (exact) mass is 359 g/mol. The number of imidazole rings is 1. The van der Waals surface area contributed by atoms with Gasteiger partial charge in [-0.3, -0.25) is 0 Å². The lowest BCUT2D eigenvalue weighted by Gasteiger charge is -2.14. The Balaban J connectivity index is 1.45. The van der Waals surface area contributed by atoms with E-state index < -0.39 is 0 Å². The molecular formula is C20H21N7. The van der Waals surface area contributed by atoms with Crippen LogP contribution in [0.3, 0.4) is 0 Å². The van der Waals surface area contributed by atoms with Crippen molar-refractivity contribution in [3.63, 3.8) is 0 Å². The molecule has 136 valence electrons. The maximum absolute atomic E-state index is 4.56. The van der Waals surface area contributed by atoms with Gasteiger partial charge in [-0.1, -0.05) is 18.2 Å². The molecule has 2 heterocycles. The van der Waals surface area contributed by atoms with Gasteiger partial charge in [-0.2, -0.15) is 0 Å². The van der Waals surface area contributed by atoms with Crippen molar-refractivity contribution < 1.29 is 0 Å². The van der Waals surface area contributed by atoms with Crippen molar-refractivity contribution in [1.82, 2.24) is 19.9 Å². The molecule has 0 radical (unpaired) electrons.